The van der Waals surface area contributed by atoms with Crippen LogP contribution in [0, 0.1) is 0 Å². The monoisotopic (exact) mass is 265 g/mol. The fourth-order valence-electron chi connectivity index (χ4n) is 1.48. The second-order valence-electron chi connectivity index (χ2n) is 5.29. The molecule has 2 aromatic heterocycles. The minimum Gasteiger partial charge on any atom is -0.328 e. The normalized spacial score (nSPS) is 11.8. The summed E-state index contributed by atoms with van der Waals surface area (Å²) in [4.78, 5) is 4.49. The third-order valence-corrected chi connectivity index (χ3v) is 3.06. The lowest BCUT2D eigenvalue weighted by molar-refractivity contribution is 0.555. The molecule has 0 unspecified atom stereocenters. The summed E-state index contributed by atoms with van der Waals surface area (Å²) in [6, 6.07) is 0. The first-order valence-electron chi connectivity index (χ1n) is 6.12. The largest absolute Gasteiger partial charge is 0.328 e. The predicted octanol–water partition coefficient (Wildman–Crippen LogP) is 3.19. The van der Waals surface area contributed by atoms with Crippen molar-refractivity contribution in [2.24, 2.45) is 0 Å². The minimum absolute atomic E-state index is 0.0111. The van der Waals surface area contributed by atoms with E-state index >= 15 is 0 Å². The Balaban J connectivity index is 2.06. The highest BCUT2D eigenvalue weighted by atomic mass is 32.1. The van der Waals surface area contributed by atoms with Crippen LogP contribution < -0.4 is 5.32 Å². The van der Waals surface area contributed by atoms with Gasteiger partial charge in [-0.05, 0) is 6.42 Å². The quantitative estimate of drug-likeness (QED) is 0.922. The van der Waals surface area contributed by atoms with E-state index in [-0.39, 0.29) is 5.41 Å². The van der Waals surface area contributed by atoms with Crippen molar-refractivity contribution in [2.75, 3.05) is 5.32 Å². The van der Waals surface area contributed by atoms with E-state index < -0.39 is 0 Å². The number of aromatic nitrogens is 4. The van der Waals surface area contributed by atoms with E-state index in [0.29, 0.717) is 0 Å². The zero-order chi connectivity index (χ0) is 13.2. The molecule has 0 aliphatic heterocycles. The summed E-state index contributed by atoms with van der Waals surface area (Å²) in [5.41, 5.74) is 0.947. The fraction of sp³-hybridized carbons (Fsp3) is 0.583. The zero-order valence-corrected chi connectivity index (χ0v) is 12.1. The Labute approximate surface area is 111 Å². The van der Waals surface area contributed by atoms with Crippen molar-refractivity contribution >= 4 is 22.4 Å². The average molecular weight is 265 g/mol. The molecule has 0 atom stereocenters. The van der Waals surface area contributed by atoms with Gasteiger partial charge in [-0.25, -0.2) is 4.98 Å². The van der Waals surface area contributed by atoms with Gasteiger partial charge in [-0.2, -0.15) is 9.47 Å². The van der Waals surface area contributed by atoms with Gasteiger partial charge in [0.15, 0.2) is 0 Å². The van der Waals surface area contributed by atoms with E-state index in [9.17, 15) is 0 Å². The van der Waals surface area contributed by atoms with Crippen LogP contribution in [0.4, 0.5) is 10.8 Å². The predicted molar refractivity (Wildman–Crippen MR) is 74.4 cm³/mol. The minimum atomic E-state index is -0.0111. The van der Waals surface area contributed by atoms with Gasteiger partial charge < -0.3 is 5.32 Å². The van der Waals surface area contributed by atoms with E-state index in [0.717, 1.165) is 29.6 Å². The third kappa shape index (κ3) is 3.07. The second kappa shape index (κ2) is 5.06. The zero-order valence-electron chi connectivity index (χ0n) is 11.3. The molecule has 0 amide bonds. The molecule has 2 rings (SSSR count). The smallest absolute Gasteiger partial charge is 0.207 e. The molecular formula is C12H19N5S. The molecule has 6 heteroatoms. The van der Waals surface area contributed by atoms with Gasteiger partial charge in [-0.15, -0.1) is 0 Å². The van der Waals surface area contributed by atoms with Crippen molar-refractivity contribution in [3.05, 3.63) is 18.2 Å². The van der Waals surface area contributed by atoms with Gasteiger partial charge in [0.25, 0.3) is 0 Å². The van der Waals surface area contributed by atoms with Crippen LogP contribution in [0.1, 0.15) is 39.9 Å². The highest BCUT2D eigenvalue weighted by molar-refractivity contribution is 7.09. The van der Waals surface area contributed by atoms with Crippen molar-refractivity contribution < 1.29 is 0 Å². The maximum Gasteiger partial charge on any atom is 0.207 e. The van der Waals surface area contributed by atoms with Crippen LogP contribution in [0.5, 0.6) is 0 Å². The molecular weight excluding hydrogens is 246 g/mol. The maximum absolute atomic E-state index is 4.49. The van der Waals surface area contributed by atoms with Crippen LogP contribution in [0.25, 0.3) is 0 Å². The van der Waals surface area contributed by atoms with Gasteiger partial charge in [0.1, 0.15) is 5.82 Å². The van der Waals surface area contributed by atoms with Crippen molar-refractivity contribution in [3.63, 3.8) is 0 Å². The number of rotatable bonds is 4. The van der Waals surface area contributed by atoms with Crippen LogP contribution in [0.2, 0.25) is 0 Å². The molecule has 0 aliphatic carbocycles. The van der Waals surface area contributed by atoms with Crippen molar-refractivity contribution in [1.29, 1.82) is 0 Å². The van der Waals surface area contributed by atoms with E-state index in [4.69, 9.17) is 0 Å². The van der Waals surface area contributed by atoms with Gasteiger partial charge in [0.2, 0.25) is 5.13 Å². The van der Waals surface area contributed by atoms with E-state index in [1.165, 1.54) is 11.5 Å². The molecule has 0 radical (unpaired) electrons. The number of anilines is 2. The summed E-state index contributed by atoms with van der Waals surface area (Å²) in [6.07, 6.45) is 4.88. The summed E-state index contributed by atoms with van der Waals surface area (Å²) < 4.78 is 6.29. The summed E-state index contributed by atoms with van der Waals surface area (Å²) in [7, 11) is 0. The number of nitrogens with one attached hydrogen (secondary N) is 1. The first-order chi connectivity index (χ1) is 8.49. The van der Waals surface area contributed by atoms with Crippen LogP contribution >= 0.6 is 11.5 Å². The lowest BCUT2D eigenvalue weighted by atomic mass is 9.96. The van der Waals surface area contributed by atoms with Crippen LogP contribution in [0.3, 0.4) is 0 Å². The highest BCUT2D eigenvalue weighted by Gasteiger charge is 2.19. The van der Waals surface area contributed by atoms with E-state index in [1.54, 1.807) is 0 Å². The molecule has 5 nitrogen and oxygen atoms in total. The van der Waals surface area contributed by atoms with Crippen LogP contribution in [-0.2, 0) is 12.0 Å². The Morgan fingerprint density at radius 1 is 1.39 bits per heavy atom. The molecule has 2 aromatic rings. The molecule has 18 heavy (non-hydrogen) atoms. The van der Waals surface area contributed by atoms with Crippen molar-refractivity contribution in [2.45, 2.75) is 46.1 Å². The van der Waals surface area contributed by atoms with Gasteiger partial charge >= 0.3 is 0 Å². The van der Waals surface area contributed by atoms with Crippen molar-refractivity contribution in [1.82, 2.24) is 19.1 Å². The molecule has 0 spiro atoms. The van der Waals surface area contributed by atoms with Crippen LogP contribution in [0.15, 0.2) is 12.4 Å². The lowest BCUT2D eigenvalue weighted by Gasteiger charge is -2.12. The molecule has 2 heterocycles. The average Bonchev–Trinajstić information content (AvgIpc) is 2.88. The number of hydrogen-bond donors (Lipinski definition) is 1. The maximum atomic E-state index is 4.49. The summed E-state index contributed by atoms with van der Waals surface area (Å²) in [5.74, 6) is 0.871. The first-order valence-corrected chi connectivity index (χ1v) is 6.90. The highest BCUT2D eigenvalue weighted by Crippen LogP contribution is 2.24. The van der Waals surface area contributed by atoms with Gasteiger partial charge in [0, 0.05) is 29.7 Å². The molecule has 0 bridgehead atoms. The molecule has 0 aliphatic rings. The Morgan fingerprint density at radius 2 is 2.17 bits per heavy atom. The molecule has 98 valence electrons. The van der Waals surface area contributed by atoms with Gasteiger partial charge in [-0.3, -0.25) is 4.68 Å². The van der Waals surface area contributed by atoms with Crippen LogP contribution in [-0.4, -0.2) is 19.1 Å². The molecule has 0 aromatic carbocycles. The first kappa shape index (κ1) is 13.0. The number of hydrogen-bond acceptors (Lipinski definition) is 5. The topological polar surface area (TPSA) is 55.6 Å². The molecule has 0 saturated carbocycles. The fourth-order valence-corrected chi connectivity index (χ4v) is 2.26. The summed E-state index contributed by atoms with van der Waals surface area (Å²) >= 11 is 1.38. The molecule has 0 saturated heterocycles. The summed E-state index contributed by atoms with van der Waals surface area (Å²) in [5, 5.41) is 8.32. The second-order valence-corrected chi connectivity index (χ2v) is 6.04. The van der Waals surface area contributed by atoms with Gasteiger partial charge in [0.05, 0.1) is 11.9 Å². The number of nitrogens with zero attached hydrogens (tertiary/aromatic N) is 4. The van der Waals surface area contributed by atoms with Crippen molar-refractivity contribution in [3.8, 4) is 0 Å². The Kier molecular flexibility index (Phi) is 3.65. The van der Waals surface area contributed by atoms with E-state index in [1.807, 2.05) is 17.1 Å². The van der Waals surface area contributed by atoms with E-state index in [2.05, 4.69) is 47.5 Å². The Bertz CT molecular complexity index is 509. The Hall–Kier alpha value is -1.43. The van der Waals surface area contributed by atoms with Gasteiger partial charge in [-0.1, -0.05) is 27.7 Å². The Morgan fingerprint density at radius 3 is 2.78 bits per heavy atom. The lowest BCUT2D eigenvalue weighted by Crippen LogP contribution is -2.13. The number of aryl methyl sites for hydroxylation is 1. The summed E-state index contributed by atoms with van der Waals surface area (Å²) in [6.45, 7) is 9.40. The third-order valence-electron chi connectivity index (χ3n) is 2.43. The standard InChI is InChI=1S/C12H19N5S/c1-5-6-17-8-9(7-13-17)14-11-15-10(16-18-11)12(2,3)4/h7-8H,5-6H2,1-4H3,(H,14,15,16). The molecule has 1 N–H and O–H groups in total. The SMILES string of the molecule is CCCn1cc(Nc2nc(C(C)(C)C)ns2)cn1. The molecule has 0 fully saturated rings.